The number of carbonyl (C=O) groups is 1. The Labute approximate surface area is 125 Å². The molecule has 0 saturated carbocycles. The molecule has 0 unspecified atom stereocenters. The van der Waals surface area contributed by atoms with Crippen LogP contribution in [0.4, 0.5) is 0 Å². The molecule has 1 heterocycles. The van der Waals surface area contributed by atoms with Crippen LogP contribution in [0.25, 0.3) is 0 Å². The number of likely N-dealkylation sites (N-methyl/N-ethyl adjacent to an activating group) is 1. The van der Waals surface area contributed by atoms with Gasteiger partial charge < -0.3 is 4.90 Å². The predicted octanol–water partition coefficient (Wildman–Crippen LogP) is 2.42. The van der Waals surface area contributed by atoms with Crippen LogP contribution in [0.2, 0.25) is 0 Å². The Morgan fingerprint density at radius 2 is 1.90 bits per heavy atom. The van der Waals surface area contributed by atoms with Gasteiger partial charge in [0.15, 0.2) is 0 Å². The Bertz CT molecular complexity index is 598. The normalized spacial score (nSPS) is 11.4. The molecule has 2 rings (SSSR count). The third kappa shape index (κ3) is 3.90. The minimum absolute atomic E-state index is 0.145. The first-order valence-electron chi connectivity index (χ1n) is 7.10. The second-order valence-electron chi connectivity index (χ2n) is 6.22. The average Bonchev–Trinajstić information content (AvgIpc) is 2.95. The highest BCUT2D eigenvalue weighted by Gasteiger charge is 2.22. The van der Waals surface area contributed by atoms with Gasteiger partial charge in [-0.15, -0.1) is 5.10 Å². The fourth-order valence-electron chi connectivity index (χ4n) is 1.91. The van der Waals surface area contributed by atoms with Crippen molar-refractivity contribution in [2.45, 2.75) is 32.6 Å². The van der Waals surface area contributed by atoms with Gasteiger partial charge in [-0.05, 0) is 12.0 Å². The molecule has 1 aromatic carbocycles. The van der Waals surface area contributed by atoms with Gasteiger partial charge in [0, 0.05) is 19.0 Å². The van der Waals surface area contributed by atoms with Gasteiger partial charge in [0.1, 0.15) is 5.82 Å². The lowest BCUT2D eigenvalue weighted by Crippen LogP contribution is -2.29. The van der Waals surface area contributed by atoms with E-state index in [1.165, 1.54) is 5.56 Å². The fraction of sp³-hybridized carbons (Fsp3) is 0.438. The molecule has 5 heteroatoms. The molecule has 0 saturated heterocycles. The summed E-state index contributed by atoms with van der Waals surface area (Å²) in [6, 6.07) is 10.1. The van der Waals surface area contributed by atoms with Crippen molar-refractivity contribution in [2.75, 3.05) is 13.6 Å². The van der Waals surface area contributed by atoms with Crippen LogP contribution in [0.15, 0.2) is 30.3 Å². The number of aromatic nitrogens is 3. The smallest absolute Gasteiger partial charge is 0.293 e. The lowest BCUT2D eigenvalue weighted by atomic mass is 9.96. The molecule has 21 heavy (non-hydrogen) atoms. The molecule has 1 aromatic heterocycles. The molecule has 0 bridgehead atoms. The first-order chi connectivity index (χ1) is 9.88. The van der Waals surface area contributed by atoms with Crippen LogP contribution < -0.4 is 0 Å². The number of aromatic amines is 1. The van der Waals surface area contributed by atoms with Crippen LogP contribution in [-0.4, -0.2) is 39.6 Å². The summed E-state index contributed by atoms with van der Waals surface area (Å²) in [5, 5.41) is 6.88. The van der Waals surface area contributed by atoms with Crippen LogP contribution in [0, 0.1) is 0 Å². The van der Waals surface area contributed by atoms with Crippen LogP contribution >= 0.6 is 0 Å². The molecule has 0 atom stereocenters. The molecule has 112 valence electrons. The van der Waals surface area contributed by atoms with Crippen LogP contribution in [0.1, 0.15) is 42.8 Å². The number of nitrogens with zero attached hydrogens (tertiary/aromatic N) is 3. The highest BCUT2D eigenvalue weighted by atomic mass is 16.2. The number of H-pyrrole nitrogens is 1. The largest absolute Gasteiger partial charge is 0.339 e. The monoisotopic (exact) mass is 286 g/mol. The second-order valence-corrected chi connectivity index (χ2v) is 6.22. The molecule has 0 spiro atoms. The molecule has 0 fully saturated rings. The van der Waals surface area contributed by atoms with Gasteiger partial charge in [0.2, 0.25) is 5.82 Å². The molecule has 0 aliphatic rings. The predicted molar refractivity (Wildman–Crippen MR) is 82.2 cm³/mol. The topological polar surface area (TPSA) is 61.9 Å². The van der Waals surface area contributed by atoms with Crippen molar-refractivity contribution >= 4 is 5.91 Å². The van der Waals surface area contributed by atoms with Crippen molar-refractivity contribution < 1.29 is 4.79 Å². The van der Waals surface area contributed by atoms with Crippen LogP contribution in [-0.2, 0) is 11.8 Å². The summed E-state index contributed by atoms with van der Waals surface area (Å²) < 4.78 is 0. The Hall–Kier alpha value is -2.17. The summed E-state index contributed by atoms with van der Waals surface area (Å²) >= 11 is 0. The first-order valence-corrected chi connectivity index (χ1v) is 7.10. The molecule has 0 aliphatic heterocycles. The third-order valence-corrected chi connectivity index (χ3v) is 3.31. The maximum absolute atomic E-state index is 12.3. The van der Waals surface area contributed by atoms with Crippen molar-refractivity contribution in [2.24, 2.45) is 0 Å². The van der Waals surface area contributed by atoms with E-state index in [1.54, 1.807) is 11.9 Å². The second kappa shape index (κ2) is 6.08. The summed E-state index contributed by atoms with van der Waals surface area (Å²) in [7, 11) is 1.78. The number of rotatable bonds is 4. The minimum atomic E-state index is -0.155. The van der Waals surface area contributed by atoms with E-state index in [0.717, 1.165) is 12.2 Å². The van der Waals surface area contributed by atoms with Gasteiger partial charge in [-0.25, -0.2) is 4.98 Å². The van der Waals surface area contributed by atoms with Gasteiger partial charge in [-0.2, -0.15) is 0 Å². The summed E-state index contributed by atoms with van der Waals surface area (Å²) in [5.41, 5.74) is 1.07. The molecule has 0 aliphatic carbocycles. The van der Waals surface area contributed by atoms with Crippen molar-refractivity contribution in [3.8, 4) is 0 Å². The zero-order valence-corrected chi connectivity index (χ0v) is 13.1. The van der Waals surface area contributed by atoms with Crippen molar-refractivity contribution in [3.05, 3.63) is 47.5 Å². The first kappa shape index (κ1) is 15.2. The van der Waals surface area contributed by atoms with E-state index in [2.05, 4.69) is 27.3 Å². The maximum Gasteiger partial charge on any atom is 0.293 e. The van der Waals surface area contributed by atoms with Gasteiger partial charge in [0.25, 0.3) is 5.91 Å². The van der Waals surface area contributed by atoms with E-state index in [1.807, 2.05) is 39.0 Å². The fourth-order valence-corrected chi connectivity index (χ4v) is 1.91. The molecule has 5 nitrogen and oxygen atoms in total. The lowest BCUT2D eigenvalue weighted by molar-refractivity contribution is 0.0785. The van der Waals surface area contributed by atoms with Gasteiger partial charge >= 0.3 is 0 Å². The Morgan fingerprint density at radius 1 is 1.24 bits per heavy atom. The molecule has 0 radical (unpaired) electrons. The zero-order valence-electron chi connectivity index (χ0n) is 13.1. The maximum atomic E-state index is 12.3. The van der Waals surface area contributed by atoms with Crippen LogP contribution in [0.5, 0.6) is 0 Å². The number of hydrogen-bond donors (Lipinski definition) is 1. The summed E-state index contributed by atoms with van der Waals surface area (Å²) in [4.78, 5) is 18.2. The Morgan fingerprint density at radius 3 is 2.48 bits per heavy atom. The molecular formula is C16H22N4O. The quantitative estimate of drug-likeness (QED) is 0.939. The third-order valence-electron chi connectivity index (χ3n) is 3.31. The Balaban J connectivity index is 1.98. The number of carbonyl (C=O) groups excluding carboxylic acids is 1. The molecular weight excluding hydrogens is 264 g/mol. The summed E-state index contributed by atoms with van der Waals surface area (Å²) in [6.07, 6.45) is 0.819. The SMILES string of the molecule is CN(CCc1ccccc1)C(=O)c1n[nH]c(C(C)(C)C)n1. The number of nitrogens with one attached hydrogen (secondary N) is 1. The van der Waals surface area contributed by atoms with Gasteiger partial charge in [-0.1, -0.05) is 51.1 Å². The van der Waals surface area contributed by atoms with Gasteiger partial charge in [0.05, 0.1) is 0 Å². The highest BCUT2D eigenvalue weighted by molar-refractivity contribution is 5.90. The van der Waals surface area contributed by atoms with Crippen molar-refractivity contribution in [1.82, 2.24) is 20.1 Å². The Kier molecular flexibility index (Phi) is 4.40. The summed E-state index contributed by atoms with van der Waals surface area (Å²) in [5.74, 6) is 0.801. The van der Waals surface area contributed by atoms with E-state index >= 15 is 0 Å². The molecule has 1 amide bonds. The minimum Gasteiger partial charge on any atom is -0.339 e. The van der Waals surface area contributed by atoms with E-state index in [0.29, 0.717) is 6.54 Å². The lowest BCUT2D eigenvalue weighted by Gasteiger charge is -2.15. The van der Waals surface area contributed by atoms with Crippen LogP contribution in [0.3, 0.4) is 0 Å². The number of hydrogen-bond acceptors (Lipinski definition) is 3. The highest BCUT2D eigenvalue weighted by Crippen LogP contribution is 2.17. The van der Waals surface area contributed by atoms with Crippen molar-refractivity contribution in [3.63, 3.8) is 0 Å². The zero-order chi connectivity index (χ0) is 15.5. The van der Waals surface area contributed by atoms with Crippen molar-refractivity contribution in [1.29, 1.82) is 0 Å². The molecule has 2 aromatic rings. The van der Waals surface area contributed by atoms with E-state index < -0.39 is 0 Å². The van der Waals surface area contributed by atoms with E-state index in [9.17, 15) is 4.79 Å². The molecule has 1 N–H and O–H groups in total. The number of amides is 1. The standard InChI is InChI=1S/C16H22N4O/c1-16(2,3)15-17-13(18-19-15)14(21)20(4)11-10-12-8-6-5-7-9-12/h5-9H,10-11H2,1-4H3,(H,17,18,19). The average molecular weight is 286 g/mol. The van der Waals surface area contributed by atoms with Gasteiger partial charge in [-0.3, -0.25) is 9.89 Å². The van der Waals surface area contributed by atoms with E-state index in [4.69, 9.17) is 0 Å². The summed E-state index contributed by atoms with van der Waals surface area (Å²) in [6.45, 7) is 6.73. The van der Waals surface area contributed by atoms with E-state index in [-0.39, 0.29) is 17.1 Å². The number of benzene rings is 1.